The zero-order valence-electron chi connectivity index (χ0n) is 16.4. The Morgan fingerprint density at radius 2 is 1.86 bits per heavy atom. The van der Waals surface area contributed by atoms with Crippen LogP contribution in [0, 0.1) is 11.6 Å². The number of likely N-dealkylation sites (N-methyl/N-ethyl adjacent to an activating group) is 1. The van der Waals surface area contributed by atoms with Gasteiger partial charge in [0.15, 0.2) is 0 Å². The Bertz CT molecular complexity index is 775. The minimum Gasteiger partial charge on any atom is -0.328 e. The molecule has 0 spiro atoms. The molecule has 28 heavy (non-hydrogen) atoms. The van der Waals surface area contributed by atoms with Gasteiger partial charge >= 0.3 is 0 Å². The number of benzene rings is 2. The summed E-state index contributed by atoms with van der Waals surface area (Å²) in [5, 5.41) is 0. The Kier molecular flexibility index (Phi) is 9.99. The quantitative estimate of drug-likeness (QED) is 0.771. The molecule has 0 fully saturated rings. The molecule has 1 aliphatic heterocycles. The normalized spacial score (nSPS) is 16.8. The van der Waals surface area contributed by atoms with Gasteiger partial charge in [-0.05, 0) is 49.7 Å². The van der Waals surface area contributed by atoms with Gasteiger partial charge < -0.3 is 10.5 Å². The van der Waals surface area contributed by atoms with E-state index in [-0.39, 0.29) is 17.9 Å². The number of hydrogen-bond acceptors (Lipinski definition) is 3. The van der Waals surface area contributed by atoms with Crippen LogP contribution in [0.4, 0.5) is 8.78 Å². The minimum atomic E-state index is -0.409. The van der Waals surface area contributed by atoms with Crippen molar-refractivity contribution in [2.75, 3.05) is 13.6 Å². The Labute approximate surface area is 166 Å². The fourth-order valence-corrected chi connectivity index (χ4v) is 2.92. The van der Waals surface area contributed by atoms with Crippen LogP contribution in [0.15, 0.2) is 67.3 Å². The highest BCUT2D eigenvalue weighted by molar-refractivity contribution is 5.70. The maximum atomic E-state index is 13.9. The van der Waals surface area contributed by atoms with Crippen molar-refractivity contribution < 1.29 is 13.6 Å². The molecule has 2 N–H and O–H groups in total. The molecule has 3 nitrogen and oxygen atoms in total. The zero-order chi connectivity index (χ0) is 21.1. The molecule has 5 heteroatoms. The summed E-state index contributed by atoms with van der Waals surface area (Å²) in [7, 11) is 1.98. The molecule has 0 radical (unpaired) electrons. The first-order valence-electron chi connectivity index (χ1n) is 8.99. The largest absolute Gasteiger partial charge is 0.328 e. The van der Waals surface area contributed by atoms with Gasteiger partial charge in [-0.25, -0.2) is 8.78 Å². The lowest BCUT2D eigenvalue weighted by Gasteiger charge is -2.19. The monoisotopic (exact) mass is 386 g/mol. The van der Waals surface area contributed by atoms with Crippen molar-refractivity contribution >= 4 is 12.4 Å². The first-order valence-corrected chi connectivity index (χ1v) is 8.99. The molecule has 0 bridgehead atoms. The van der Waals surface area contributed by atoms with Crippen molar-refractivity contribution in [3.63, 3.8) is 0 Å². The number of carbonyl (C=O) groups is 1. The van der Waals surface area contributed by atoms with Crippen LogP contribution in [0.2, 0.25) is 0 Å². The molecule has 0 saturated carbocycles. The second-order valence-electron chi connectivity index (χ2n) is 6.59. The van der Waals surface area contributed by atoms with Gasteiger partial charge in [-0.2, -0.15) is 0 Å². The molecule has 2 atom stereocenters. The average molecular weight is 386 g/mol. The summed E-state index contributed by atoms with van der Waals surface area (Å²) < 4.78 is 27.2. The van der Waals surface area contributed by atoms with Gasteiger partial charge in [0, 0.05) is 18.2 Å². The maximum absolute atomic E-state index is 13.9. The minimum absolute atomic E-state index is 0.105. The van der Waals surface area contributed by atoms with E-state index in [2.05, 4.69) is 11.5 Å². The van der Waals surface area contributed by atoms with E-state index in [9.17, 15) is 8.78 Å². The van der Waals surface area contributed by atoms with Crippen LogP contribution in [-0.2, 0) is 4.79 Å². The molecule has 1 heterocycles. The highest BCUT2D eigenvalue weighted by Gasteiger charge is 2.25. The predicted molar refractivity (Wildman–Crippen MR) is 112 cm³/mol. The number of carbonyl (C=O) groups excluding carboxylic acids is 1. The van der Waals surface area contributed by atoms with Crippen LogP contribution in [0.3, 0.4) is 0 Å². The number of nitrogens with two attached hydrogens (primary N) is 1. The third kappa shape index (κ3) is 6.83. The second kappa shape index (κ2) is 12.0. The van der Waals surface area contributed by atoms with Gasteiger partial charge in [-0.15, -0.1) is 6.58 Å². The Balaban J connectivity index is 0.000000422. The molecular formula is C23H28F2N2O. The van der Waals surface area contributed by atoms with E-state index in [1.54, 1.807) is 0 Å². The van der Waals surface area contributed by atoms with E-state index >= 15 is 0 Å². The number of hydrogen-bond donors (Lipinski definition) is 1. The van der Waals surface area contributed by atoms with Crippen molar-refractivity contribution in [2.45, 2.75) is 25.4 Å². The molecule has 2 unspecified atom stereocenters. The topological polar surface area (TPSA) is 46.3 Å². The predicted octanol–water partition coefficient (Wildman–Crippen LogP) is 4.76. The smallest absolute Gasteiger partial charge is 0.130 e. The number of rotatable bonds is 4. The van der Waals surface area contributed by atoms with Gasteiger partial charge in [0.05, 0.1) is 6.04 Å². The molecule has 1 aliphatic rings. The third-order valence-electron chi connectivity index (χ3n) is 4.21. The summed E-state index contributed by atoms with van der Waals surface area (Å²) in [6, 6.07) is 14.0. The molecule has 0 amide bonds. The standard InChI is InChI=1S/C17H15F2N.C5H11N.CH2O/c1-20-11-13(15-10-14(18)7-8-16(15)19)9-17(20)12-5-3-2-4-6-12;1-3-4-5(2)6;1-2/h2-10,17H,11H2,1H3;3,5H,1,4,6H2,2H3;1H2. The van der Waals surface area contributed by atoms with E-state index in [1.807, 2.05) is 63.2 Å². The number of nitrogens with zero attached hydrogens (tertiary/aromatic N) is 1. The second-order valence-corrected chi connectivity index (χ2v) is 6.59. The highest BCUT2D eigenvalue weighted by Crippen LogP contribution is 2.34. The molecular weight excluding hydrogens is 358 g/mol. The van der Waals surface area contributed by atoms with Gasteiger partial charge in [-0.3, -0.25) is 4.90 Å². The van der Waals surface area contributed by atoms with Crippen molar-refractivity contribution in [3.05, 3.63) is 90.0 Å². The molecule has 2 aromatic rings. The molecule has 3 rings (SSSR count). The summed E-state index contributed by atoms with van der Waals surface area (Å²) in [5.74, 6) is -0.784. The third-order valence-corrected chi connectivity index (χ3v) is 4.21. The molecule has 0 saturated heterocycles. The van der Waals surface area contributed by atoms with Crippen LogP contribution < -0.4 is 5.73 Å². The lowest BCUT2D eigenvalue weighted by atomic mass is 10.0. The molecule has 0 aliphatic carbocycles. The van der Waals surface area contributed by atoms with E-state index in [1.165, 1.54) is 12.1 Å². The van der Waals surface area contributed by atoms with E-state index in [0.29, 0.717) is 12.1 Å². The van der Waals surface area contributed by atoms with Crippen LogP contribution in [0.5, 0.6) is 0 Å². The van der Waals surface area contributed by atoms with E-state index in [4.69, 9.17) is 10.5 Å². The van der Waals surface area contributed by atoms with Crippen LogP contribution in [0.1, 0.15) is 30.5 Å². The van der Waals surface area contributed by atoms with Crippen molar-refractivity contribution in [2.24, 2.45) is 5.73 Å². The van der Waals surface area contributed by atoms with Gasteiger partial charge in [0.2, 0.25) is 0 Å². The van der Waals surface area contributed by atoms with Crippen molar-refractivity contribution in [3.8, 4) is 0 Å². The fraction of sp³-hybridized carbons (Fsp3) is 0.261. The van der Waals surface area contributed by atoms with E-state index in [0.717, 1.165) is 23.6 Å². The summed E-state index contributed by atoms with van der Waals surface area (Å²) in [6.07, 6.45) is 4.75. The molecule has 2 aromatic carbocycles. The summed E-state index contributed by atoms with van der Waals surface area (Å²) in [5.41, 5.74) is 7.67. The van der Waals surface area contributed by atoms with Crippen molar-refractivity contribution in [1.29, 1.82) is 0 Å². The van der Waals surface area contributed by atoms with Crippen LogP contribution >= 0.6 is 0 Å². The Morgan fingerprint density at radius 3 is 2.39 bits per heavy atom. The van der Waals surface area contributed by atoms with Gasteiger partial charge in [0.1, 0.15) is 18.4 Å². The maximum Gasteiger partial charge on any atom is 0.130 e. The van der Waals surface area contributed by atoms with Crippen molar-refractivity contribution in [1.82, 2.24) is 4.90 Å². The Hall–Kier alpha value is -2.63. The summed E-state index contributed by atoms with van der Waals surface area (Å²) >= 11 is 0. The first kappa shape index (κ1) is 23.4. The number of halogens is 2. The fourth-order valence-electron chi connectivity index (χ4n) is 2.92. The summed E-state index contributed by atoms with van der Waals surface area (Å²) in [4.78, 5) is 10.1. The van der Waals surface area contributed by atoms with Gasteiger partial charge in [0.25, 0.3) is 0 Å². The first-order chi connectivity index (χ1) is 13.4. The Morgan fingerprint density at radius 1 is 1.21 bits per heavy atom. The van der Waals surface area contributed by atoms with Crippen LogP contribution in [0.25, 0.3) is 5.57 Å². The summed E-state index contributed by atoms with van der Waals surface area (Å²) in [6.45, 7) is 8.09. The highest BCUT2D eigenvalue weighted by atomic mass is 19.1. The lowest BCUT2D eigenvalue weighted by molar-refractivity contribution is -0.0979. The zero-order valence-corrected chi connectivity index (χ0v) is 16.4. The van der Waals surface area contributed by atoms with E-state index < -0.39 is 5.82 Å². The lowest BCUT2D eigenvalue weighted by Crippen LogP contribution is -2.19. The molecule has 0 aromatic heterocycles. The van der Waals surface area contributed by atoms with Gasteiger partial charge in [-0.1, -0.05) is 42.5 Å². The molecule has 150 valence electrons. The SMILES string of the molecule is C=CCC(C)N.C=O.CN1CC(c2cc(F)ccc2F)=CC1c1ccccc1. The van der Waals surface area contributed by atoms with Crippen LogP contribution in [-0.4, -0.2) is 31.3 Å². The average Bonchev–Trinajstić information content (AvgIpc) is 3.08.